The molecule has 0 aromatic carbocycles. The average molecular weight is 443 g/mol. The number of carbonyl (C=O) groups excluding carboxylic acids is 3. The maximum absolute atomic E-state index is 14.5. The highest BCUT2D eigenvalue weighted by atomic mass is 19.1. The van der Waals surface area contributed by atoms with Crippen LogP contribution in [0.25, 0.3) is 0 Å². The van der Waals surface area contributed by atoms with Crippen molar-refractivity contribution in [1.82, 2.24) is 9.55 Å². The Hall–Kier alpha value is -3.02. The predicted octanol–water partition coefficient (Wildman–Crippen LogP) is 1.90. The van der Waals surface area contributed by atoms with Crippen molar-refractivity contribution in [1.29, 1.82) is 0 Å². The van der Waals surface area contributed by atoms with E-state index < -0.39 is 59.9 Å². The molecular formula is C19H26FN3O8. The highest BCUT2D eigenvalue weighted by Gasteiger charge is 2.48. The summed E-state index contributed by atoms with van der Waals surface area (Å²) >= 11 is 0. The Morgan fingerprint density at radius 3 is 2.45 bits per heavy atom. The lowest BCUT2D eigenvalue weighted by molar-refractivity contribution is -0.165. The van der Waals surface area contributed by atoms with Crippen LogP contribution in [0.1, 0.15) is 53.2 Å². The van der Waals surface area contributed by atoms with E-state index in [1.807, 2.05) is 6.92 Å². The third-order valence-corrected chi connectivity index (χ3v) is 4.41. The van der Waals surface area contributed by atoms with E-state index in [4.69, 9.17) is 18.9 Å². The number of hydrogen-bond acceptors (Lipinski definition) is 9. The van der Waals surface area contributed by atoms with Gasteiger partial charge in [-0.25, -0.2) is 14.0 Å². The van der Waals surface area contributed by atoms with Crippen molar-refractivity contribution >= 4 is 23.8 Å². The average Bonchev–Trinajstić information content (AvgIpc) is 2.96. The fourth-order valence-electron chi connectivity index (χ4n) is 3.06. The topological polar surface area (TPSA) is 135 Å². The van der Waals surface area contributed by atoms with Gasteiger partial charge in [0, 0.05) is 13.8 Å². The Bertz CT molecular complexity index is 874. The van der Waals surface area contributed by atoms with Crippen molar-refractivity contribution in [3.05, 3.63) is 22.5 Å². The van der Waals surface area contributed by atoms with E-state index in [9.17, 15) is 23.6 Å². The third-order valence-electron chi connectivity index (χ3n) is 4.41. The van der Waals surface area contributed by atoms with Crippen LogP contribution < -0.4 is 11.0 Å². The highest BCUT2D eigenvalue weighted by Crippen LogP contribution is 2.33. The van der Waals surface area contributed by atoms with Crippen LogP contribution in [0, 0.1) is 5.82 Å². The molecule has 2 rings (SSSR count). The number of carbonyl (C=O) groups is 3. The summed E-state index contributed by atoms with van der Waals surface area (Å²) in [5, 5.41) is 2.08. The van der Waals surface area contributed by atoms with Gasteiger partial charge in [-0.3, -0.25) is 19.5 Å². The predicted molar refractivity (Wildman–Crippen MR) is 104 cm³/mol. The fourth-order valence-corrected chi connectivity index (χ4v) is 3.06. The SMILES string of the molecule is CCCCCOC(=O)Nc1nc(=O)n([C@@H]2O[C@H](C)[C@H](OC(C)=O)C2OC(C)=O)cc1F. The summed E-state index contributed by atoms with van der Waals surface area (Å²) in [5.74, 6) is -3.02. The molecular weight excluding hydrogens is 417 g/mol. The summed E-state index contributed by atoms with van der Waals surface area (Å²) < 4.78 is 36.1. The largest absolute Gasteiger partial charge is 0.456 e. The molecule has 4 atom stereocenters. The van der Waals surface area contributed by atoms with Gasteiger partial charge in [-0.1, -0.05) is 19.8 Å². The lowest BCUT2D eigenvalue weighted by Gasteiger charge is -2.23. The normalized spacial score (nSPS) is 22.6. The number of anilines is 1. The molecule has 0 bridgehead atoms. The summed E-state index contributed by atoms with van der Waals surface area (Å²) in [5.41, 5.74) is -0.986. The summed E-state index contributed by atoms with van der Waals surface area (Å²) in [4.78, 5) is 50.7. The fraction of sp³-hybridized carbons (Fsp3) is 0.632. The number of unbranched alkanes of at least 4 members (excludes halogenated alkanes) is 2. The monoisotopic (exact) mass is 443 g/mol. The lowest BCUT2D eigenvalue weighted by atomic mass is 10.1. The van der Waals surface area contributed by atoms with E-state index in [0.29, 0.717) is 6.42 Å². The van der Waals surface area contributed by atoms with E-state index in [1.54, 1.807) is 6.92 Å². The Morgan fingerprint density at radius 1 is 1.19 bits per heavy atom. The van der Waals surface area contributed by atoms with E-state index in [1.165, 1.54) is 6.92 Å². The first kappa shape index (κ1) is 24.3. The molecule has 1 unspecified atom stereocenters. The molecule has 172 valence electrons. The van der Waals surface area contributed by atoms with Crippen molar-refractivity contribution in [2.24, 2.45) is 0 Å². The Balaban J connectivity index is 2.22. The van der Waals surface area contributed by atoms with Crippen LogP contribution in [-0.2, 0) is 28.5 Å². The van der Waals surface area contributed by atoms with E-state index in [-0.39, 0.29) is 6.61 Å². The number of rotatable bonds is 8. The Labute approximate surface area is 177 Å². The molecule has 1 saturated heterocycles. The van der Waals surface area contributed by atoms with Gasteiger partial charge in [0.25, 0.3) is 0 Å². The van der Waals surface area contributed by atoms with Gasteiger partial charge in [0.2, 0.25) is 0 Å². The second-order valence-corrected chi connectivity index (χ2v) is 6.98. The van der Waals surface area contributed by atoms with Gasteiger partial charge in [0.1, 0.15) is 0 Å². The summed E-state index contributed by atoms with van der Waals surface area (Å²) in [6.45, 7) is 5.98. The minimum Gasteiger partial charge on any atom is -0.456 e. The second-order valence-electron chi connectivity index (χ2n) is 6.98. The number of nitrogens with one attached hydrogen (secondary N) is 1. The number of ether oxygens (including phenoxy) is 4. The zero-order valence-electron chi connectivity index (χ0n) is 17.8. The van der Waals surface area contributed by atoms with Crippen LogP contribution in [0.4, 0.5) is 15.0 Å². The van der Waals surface area contributed by atoms with Crippen LogP contribution in [0.15, 0.2) is 11.0 Å². The van der Waals surface area contributed by atoms with Gasteiger partial charge >= 0.3 is 23.7 Å². The van der Waals surface area contributed by atoms with Gasteiger partial charge in [-0.2, -0.15) is 4.98 Å². The first-order chi connectivity index (χ1) is 14.6. The number of nitrogens with zero attached hydrogens (tertiary/aromatic N) is 2. The van der Waals surface area contributed by atoms with Crippen molar-refractivity contribution < 1.29 is 37.7 Å². The minimum absolute atomic E-state index is 0.147. The molecule has 11 nitrogen and oxygen atoms in total. The highest BCUT2D eigenvalue weighted by molar-refractivity contribution is 5.83. The Kier molecular flexibility index (Phi) is 8.48. The van der Waals surface area contributed by atoms with Crippen molar-refractivity contribution in [3.8, 4) is 0 Å². The molecule has 1 N–H and O–H groups in total. The van der Waals surface area contributed by atoms with Gasteiger partial charge in [0.15, 0.2) is 30.1 Å². The number of esters is 2. The molecule has 0 aliphatic carbocycles. The maximum atomic E-state index is 14.5. The van der Waals surface area contributed by atoms with Gasteiger partial charge < -0.3 is 18.9 Å². The first-order valence-electron chi connectivity index (χ1n) is 9.86. The zero-order chi connectivity index (χ0) is 23.1. The van der Waals surface area contributed by atoms with Gasteiger partial charge in [-0.15, -0.1) is 0 Å². The third kappa shape index (κ3) is 6.48. The number of amides is 1. The van der Waals surface area contributed by atoms with E-state index in [0.717, 1.165) is 30.5 Å². The van der Waals surface area contributed by atoms with Crippen LogP contribution in [0.3, 0.4) is 0 Å². The molecule has 1 aromatic heterocycles. The summed E-state index contributed by atoms with van der Waals surface area (Å²) in [6.07, 6.45) is -2.02. The molecule has 1 fully saturated rings. The van der Waals surface area contributed by atoms with E-state index in [2.05, 4.69) is 10.3 Å². The second kappa shape index (κ2) is 10.8. The molecule has 31 heavy (non-hydrogen) atoms. The maximum Gasteiger partial charge on any atom is 0.412 e. The molecule has 0 saturated carbocycles. The van der Waals surface area contributed by atoms with Crippen molar-refractivity contribution in [3.63, 3.8) is 0 Å². The van der Waals surface area contributed by atoms with Crippen LogP contribution in [-0.4, -0.2) is 52.5 Å². The molecule has 1 amide bonds. The number of halogens is 1. The number of aromatic nitrogens is 2. The first-order valence-corrected chi connectivity index (χ1v) is 9.86. The molecule has 0 radical (unpaired) electrons. The smallest absolute Gasteiger partial charge is 0.412 e. The summed E-state index contributed by atoms with van der Waals surface area (Å²) in [6, 6.07) is 0. The Morgan fingerprint density at radius 2 is 1.84 bits per heavy atom. The lowest BCUT2D eigenvalue weighted by Crippen LogP contribution is -2.40. The molecule has 12 heteroatoms. The van der Waals surface area contributed by atoms with Crippen LogP contribution in [0.5, 0.6) is 0 Å². The zero-order valence-corrected chi connectivity index (χ0v) is 17.8. The van der Waals surface area contributed by atoms with E-state index >= 15 is 0 Å². The van der Waals surface area contributed by atoms with Gasteiger partial charge in [0.05, 0.1) is 18.9 Å². The quantitative estimate of drug-likeness (QED) is 0.363. The van der Waals surface area contributed by atoms with Crippen LogP contribution in [0.2, 0.25) is 0 Å². The molecule has 1 aliphatic rings. The minimum atomic E-state index is -1.30. The van der Waals surface area contributed by atoms with Crippen LogP contribution >= 0.6 is 0 Å². The van der Waals surface area contributed by atoms with Gasteiger partial charge in [-0.05, 0) is 13.3 Å². The summed E-state index contributed by atoms with van der Waals surface area (Å²) in [7, 11) is 0. The van der Waals surface area contributed by atoms with Crippen molar-refractivity contribution in [2.75, 3.05) is 11.9 Å². The molecule has 1 aliphatic heterocycles. The standard InChI is InChI=1S/C19H26FN3O8/c1-5-6-7-8-28-19(27)22-16-13(20)9-23(18(26)21-16)17-15(31-12(4)25)14(10(2)29-17)30-11(3)24/h9-10,14-15,17H,5-8H2,1-4H3,(H,21,22,26,27)/t10-,14+,15?,17-/m1/s1. The molecule has 1 aromatic rings. The number of hydrogen-bond donors (Lipinski definition) is 1. The molecule has 2 heterocycles. The van der Waals surface area contributed by atoms with Crippen molar-refractivity contribution in [2.45, 2.75) is 71.5 Å². The molecule has 0 spiro atoms.